The molecule has 2 unspecified atom stereocenters. The average molecular weight is 167 g/mol. The number of nitrogens with zero attached hydrogens (tertiary/aromatic N) is 1. The summed E-state index contributed by atoms with van der Waals surface area (Å²) in [5.74, 6) is 0.441. The standard InChI is InChI=1S/C10H17NO/c1-6-8(3)11(5)9(4)7(2)10(6)12/h6,8H,1-5H3. The third kappa shape index (κ3) is 1.15. The van der Waals surface area contributed by atoms with Crippen molar-refractivity contribution < 1.29 is 4.79 Å². The van der Waals surface area contributed by atoms with Crippen LogP contribution in [0.1, 0.15) is 27.7 Å². The van der Waals surface area contributed by atoms with E-state index in [-0.39, 0.29) is 5.92 Å². The number of hydrogen-bond donors (Lipinski definition) is 0. The number of allylic oxidation sites excluding steroid dienone is 2. The number of hydrogen-bond acceptors (Lipinski definition) is 2. The summed E-state index contributed by atoms with van der Waals surface area (Å²) in [5, 5.41) is 0. The molecule has 0 aromatic heterocycles. The van der Waals surface area contributed by atoms with Crippen molar-refractivity contribution in [3.63, 3.8) is 0 Å². The molecule has 1 rings (SSSR count). The van der Waals surface area contributed by atoms with Crippen molar-refractivity contribution in [3.05, 3.63) is 11.3 Å². The van der Waals surface area contributed by atoms with Gasteiger partial charge in [0.2, 0.25) is 0 Å². The van der Waals surface area contributed by atoms with E-state index in [4.69, 9.17) is 0 Å². The normalized spacial score (nSPS) is 31.4. The zero-order valence-electron chi connectivity index (χ0n) is 8.51. The summed E-state index contributed by atoms with van der Waals surface area (Å²) in [6.07, 6.45) is 0. The molecule has 0 aliphatic carbocycles. The fourth-order valence-electron chi connectivity index (χ4n) is 1.64. The highest BCUT2D eigenvalue weighted by molar-refractivity contribution is 5.98. The van der Waals surface area contributed by atoms with E-state index in [1.54, 1.807) is 0 Å². The Bertz CT molecular complexity index is 242. The SMILES string of the molecule is CC1=C(C)N(C)C(C)C(C)C1=O. The van der Waals surface area contributed by atoms with Crippen molar-refractivity contribution >= 4 is 5.78 Å². The van der Waals surface area contributed by atoms with Crippen molar-refractivity contribution in [1.82, 2.24) is 4.90 Å². The van der Waals surface area contributed by atoms with E-state index in [1.165, 1.54) is 0 Å². The topological polar surface area (TPSA) is 20.3 Å². The van der Waals surface area contributed by atoms with Crippen LogP contribution in [0.3, 0.4) is 0 Å². The first kappa shape index (κ1) is 9.30. The van der Waals surface area contributed by atoms with Gasteiger partial charge < -0.3 is 4.90 Å². The molecular formula is C10H17NO. The molecule has 0 aromatic carbocycles. The molecule has 2 heteroatoms. The third-order valence-electron chi connectivity index (χ3n) is 3.19. The molecule has 0 N–H and O–H groups in total. The first-order valence-electron chi connectivity index (χ1n) is 4.41. The maximum absolute atomic E-state index is 11.6. The predicted octanol–water partition coefficient (Wildman–Crippen LogP) is 1.82. The van der Waals surface area contributed by atoms with E-state index in [0.717, 1.165) is 11.3 Å². The van der Waals surface area contributed by atoms with Gasteiger partial charge in [-0.2, -0.15) is 0 Å². The minimum absolute atomic E-state index is 0.138. The zero-order chi connectivity index (χ0) is 9.46. The second-order valence-corrected chi connectivity index (χ2v) is 3.71. The van der Waals surface area contributed by atoms with Gasteiger partial charge >= 0.3 is 0 Å². The Kier molecular flexibility index (Phi) is 2.27. The van der Waals surface area contributed by atoms with Gasteiger partial charge in [-0.1, -0.05) is 6.92 Å². The second kappa shape index (κ2) is 2.92. The van der Waals surface area contributed by atoms with Crippen LogP contribution >= 0.6 is 0 Å². The number of rotatable bonds is 0. The van der Waals surface area contributed by atoms with Crippen molar-refractivity contribution in [2.45, 2.75) is 33.7 Å². The molecule has 2 nitrogen and oxygen atoms in total. The number of carbonyl (C=O) groups is 1. The van der Waals surface area contributed by atoms with Gasteiger partial charge in [0.25, 0.3) is 0 Å². The van der Waals surface area contributed by atoms with Crippen LogP contribution in [0.5, 0.6) is 0 Å². The summed E-state index contributed by atoms with van der Waals surface area (Å²) in [4.78, 5) is 13.8. The summed E-state index contributed by atoms with van der Waals surface area (Å²) < 4.78 is 0. The summed E-state index contributed by atoms with van der Waals surface area (Å²) in [5.41, 5.74) is 2.04. The Morgan fingerprint density at radius 1 is 1.25 bits per heavy atom. The molecule has 1 aliphatic rings. The maximum Gasteiger partial charge on any atom is 0.165 e. The number of ketones is 1. The first-order valence-corrected chi connectivity index (χ1v) is 4.41. The lowest BCUT2D eigenvalue weighted by Gasteiger charge is -2.37. The quantitative estimate of drug-likeness (QED) is 0.548. The van der Waals surface area contributed by atoms with Gasteiger partial charge in [-0.05, 0) is 20.8 Å². The molecule has 0 aromatic rings. The lowest BCUT2D eigenvalue weighted by Crippen LogP contribution is -2.42. The number of Topliss-reactive ketones (excluding diaryl/α,β-unsaturated/α-hetero) is 1. The lowest BCUT2D eigenvalue weighted by molar-refractivity contribution is -0.121. The molecule has 0 bridgehead atoms. The van der Waals surface area contributed by atoms with Crippen molar-refractivity contribution in [2.75, 3.05) is 7.05 Å². The molecule has 0 radical (unpaired) electrons. The van der Waals surface area contributed by atoms with Crippen LogP contribution in [0, 0.1) is 5.92 Å². The Morgan fingerprint density at radius 3 is 2.25 bits per heavy atom. The molecular weight excluding hydrogens is 150 g/mol. The van der Waals surface area contributed by atoms with Crippen molar-refractivity contribution in [2.24, 2.45) is 5.92 Å². The summed E-state index contributed by atoms with van der Waals surface area (Å²) in [6.45, 7) is 8.02. The van der Waals surface area contributed by atoms with E-state index in [0.29, 0.717) is 11.8 Å². The van der Waals surface area contributed by atoms with Gasteiger partial charge in [0.15, 0.2) is 5.78 Å². The molecule has 0 saturated heterocycles. The highest BCUT2D eigenvalue weighted by Crippen LogP contribution is 2.26. The van der Waals surface area contributed by atoms with E-state index >= 15 is 0 Å². The Balaban J connectivity index is 3.08. The van der Waals surface area contributed by atoms with E-state index in [2.05, 4.69) is 11.8 Å². The van der Waals surface area contributed by atoms with Crippen LogP contribution in [0.25, 0.3) is 0 Å². The van der Waals surface area contributed by atoms with Crippen LogP contribution in [-0.4, -0.2) is 23.8 Å². The van der Waals surface area contributed by atoms with Crippen LogP contribution in [-0.2, 0) is 4.79 Å². The minimum Gasteiger partial charge on any atom is -0.374 e. The summed E-state index contributed by atoms with van der Waals surface area (Å²) in [6, 6.07) is 0.334. The molecule has 0 saturated carbocycles. The Morgan fingerprint density at radius 2 is 1.75 bits per heavy atom. The van der Waals surface area contributed by atoms with Gasteiger partial charge in [-0.3, -0.25) is 4.79 Å². The minimum atomic E-state index is 0.138. The second-order valence-electron chi connectivity index (χ2n) is 3.71. The van der Waals surface area contributed by atoms with Crippen LogP contribution in [0.15, 0.2) is 11.3 Å². The molecule has 1 aliphatic heterocycles. The molecule has 1 heterocycles. The predicted molar refractivity (Wildman–Crippen MR) is 49.8 cm³/mol. The highest BCUT2D eigenvalue weighted by Gasteiger charge is 2.30. The van der Waals surface area contributed by atoms with E-state index in [1.807, 2.05) is 27.8 Å². The summed E-state index contributed by atoms with van der Waals surface area (Å²) in [7, 11) is 2.05. The first-order chi connectivity index (χ1) is 5.46. The van der Waals surface area contributed by atoms with Crippen molar-refractivity contribution in [3.8, 4) is 0 Å². The van der Waals surface area contributed by atoms with Gasteiger partial charge in [0, 0.05) is 30.3 Å². The highest BCUT2D eigenvalue weighted by atomic mass is 16.1. The molecule has 0 fully saturated rings. The Labute approximate surface area is 74.2 Å². The molecule has 0 amide bonds. The van der Waals surface area contributed by atoms with Crippen LogP contribution in [0.2, 0.25) is 0 Å². The fourth-order valence-corrected chi connectivity index (χ4v) is 1.64. The summed E-state index contributed by atoms with van der Waals surface area (Å²) >= 11 is 0. The molecule has 68 valence electrons. The lowest BCUT2D eigenvalue weighted by atomic mass is 9.88. The molecule has 12 heavy (non-hydrogen) atoms. The van der Waals surface area contributed by atoms with Gasteiger partial charge in [-0.15, -0.1) is 0 Å². The molecule has 2 atom stereocenters. The zero-order valence-corrected chi connectivity index (χ0v) is 8.51. The van der Waals surface area contributed by atoms with E-state index in [9.17, 15) is 4.79 Å². The Hall–Kier alpha value is -0.790. The van der Waals surface area contributed by atoms with E-state index < -0.39 is 0 Å². The van der Waals surface area contributed by atoms with Crippen molar-refractivity contribution in [1.29, 1.82) is 0 Å². The number of carbonyl (C=O) groups excluding carboxylic acids is 1. The van der Waals surface area contributed by atoms with Crippen LogP contribution < -0.4 is 0 Å². The smallest absolute Gasteiger partial charge is 0.165 e. The molecule has 0 spiro atoms. The fraction of sp³-hybridized carbons (Fsp3) is 0.700. The van der Waals surface area contributed by atoms with Crippen LogP contribution in [0.4, 0.5) is 0 Å². The largest absolute Gasteiger partial charge is 0.374 e. The van der Waals surface area contributed by atoms with Gasteiger partial charge in [0.05, 0.1) is 0 Å². The maximum atomic E-state index is 11.6. The third-order valence-corrected chi connectivity index (χ3v) is 3.19. The average Bonchev–Trinajstić information content (AvgIpc) is 2.08. The monoisotopic (exact) mass is 167 g/mol. The van der Waals surface area contributed by atoms with Gasteiger partial charge in [-0.25, -0.2) is 0 Å². The van der Waals surface area contributed by atoms with Gasteiger partial charge in [0.1, 0.15) is 0 Å².